The third-order valence-corrected chi connectivity index (χ3v) is 3.50. The molecule has 2 aromatic heterocycles. The van der Waals surface area contributed by atoms with Crippen LogP contribution in [0.15, 0.2) is 42.6 Å². The van der Waals surface area contributed by atoms with E-state index in [1.807, 2.05) is 16.7 Å². The number of aromatic nitrogens is 2. The zero-order valence-electron chi connectivity index (χ0n) is 10.6. The van der Waals surface area contributed by atoms with Crippen LogP contribution in [0, 0.1) is 0 Å². The largest absolute Gasteiger partial charge is 0.383 e. The number of nitrogens with zero attached hydrogens (tertiary/aromatic N) is 2. The van der Waals surface area contributed by atoms with E-state index in [2.05, 4.69) is 36.2 Å². The molecule has 4 heteroatoms. The smallest absolute Gasteiger partial charge is 0.140 e. The molecule has 0 atom stereocenters. The van der Waals surface area contributed by atoms with Crippen LogP contribution in [-0.4, -0.2) is 9.38 Å². The highest BCUT2D eigenvalue weighted by atomic mass is 35.5. The van der Waals surface area contributed by atoms with Gasteiger partial charge in [0.05, 0.1) is 0 Å². The summed E-state index contributed by atoms with van der Waals surface area (Å²) in [4.78, 5) is 4.55. The number of hydrogen-bond donors (Lipinski definition) is 1. The summed E-state index contributed by atoms with van der Waals surface area (Å²) in [7, 11) is 0. The summed E-state index contributed by atoms with van der Waals surface area (Å²) in [5, 5.41) is 0.658. The van der Waals surface area contributed by atoms with Gasteiger partial charge in [-0.1, -0.05) is 42.8 Å². The molecule has 0 unspecified atom stereocenters. The van der Waals surface area contributed by atoms with Crippen molar-refractivity contribution in [3.63, 3.8) is 0 Å². The Balaban J connectivity index is 2.15. The highest BCUT2D eigenvalue weighted by Crippen LogP contribution is 2.27. The molecule has 0 spiro atoms. The van der Waals surface area contributed by atoms with Gasteiger partial charge in [0.2, 0.25) is 0 Å². The Morgan fingerprint density at radius 3 is 2.63 bits per heavy atom. The lowest BCUT2D eigenvalue weighted by Gasteiger charge is -2.01. The maximum absolute atomic E-state index is 6.15. The van der Waals surface area contributed by atoms with Crippen LogP contribution in [0.4, 0.5) is 5.82 Å². The van der Waals surface area contributed by atoms with Gasteiger partial charge in [0, 0.05) is 22.8 Å². The van der Waals surface area contributed by atoms with Crippen molar-refractivity contribution < 1.29 is 0 Å². The van der Waals surface area contributed by atoms with Crippen molar-refractivity contribution in [2.45, 2.75) is 13.3 Å². The van der Waals surface area contributed by atoms with Crippen LogP contribution >= 0.6 is 11.6 Å². The van der Waals surface area contributed by atoms with Crippen molar-refractivity contribution in [1.82, 2.24) is 9.38 Å². The van der Waals surface area contributed by atoms with Crippen molar-refractivity contribution in [2.24, 2.45) is 0 Å². The van der Waals surface area contributed by atoms with Gasteiger partial charge >= 0.3 is 0 Å². The van der Waals surface area contributed by atoms with Gasteiger partial charge in [0.1, 0.15) is 17.2 Å². The van der Waals surface area contributed by atoms with E-state index < -0.39 is 0 Å². The molecule has 0 aliphatic carbocycles. The quantitative estimate of drug-likeness (QED) is 0.770. The van der Waals surface area contributed by atoms with Crippen molar-refractivity contribution in [3.8, 4) is 11.3 Å². The van der Waals surface area contributed by atoms with E-state index in [-0.39, 0.29) is 0 Å². The summed E-state index contributed by atoms with van der Waals surface area (Å²) in [6.45, 7) is 2.14. The summed E-state index contributed by atoms with van der Waals surface area (Å²) < 4.78 is 1.84. The third kappa shape index (κ3) is 2.06. The Hall–Kier alpha value is -2.00. The predicted molar refractivity (Wildman–Crippen MR) is 79.4 cm³/mol. The van der Waals surface area contributed by atoms with Gasteiger partial charge in [0.25, 0.3) is 0 Å². The van der Waals surface area contributed by atoms with Crippen LogP contribution < -0.4 is 5.73 Å². The lowest BCUT2D eigenvalue weighted by molar-refractivity contribution is 1.14. The second-order valence-electron chi connectivity index (χ2n) is 4.47. The van der Waals surface area contributed by atoms with Crippen LogP contribution in [0.5, 0.6) is 0 Å². The number of benzene rings is 1. The van der Waals surface area contributed by atoms with E-state index in [1.165, 1.54) is 5.56 Å². The topological polar surface area (TPSA) is 43.3 Å². The predicted octanol–water partition coefficient (Wildman–Crippen LogP) is 3.80. The fourth-order valence-corrected chi connectivity index (χ4v) is 2.30. The fourth-order valence-electron chi connectivity index (χ4n) is 2.15. The van der Waals surface area contributed by atoms with Crippen LogP contribution in [0.2, 0.25) is 5.02 Å². The Labute approximate surface area is 116 Å². The zero-order valence-corrected chi connectivity index (χ0v) is 11.4. The molecule has 0 aliphatic heterocycles. The van der Waals surface area contributed by atoms with Gasteiger partial charge in [-0.05, 0) is 18.1 Å². The molecule has 0 aliphatic rings. The summed E-state index contributed by atoms with van der Waals surface area (Å²) in [6, 6.07) is 11.9. The molecular weight excluding hydrogens is 258 g/mol. The molecule has 19 heavy (non-hydrogen) atoms. The fraction of sp³-hybridized carbons (Fsp3) is 0.133. The van der Waals surface area contributed by atoms with Gasteiger partial charge in [-0.3, -0.25) is 4.40 Å². The number of hydrogen-bond acceptors (Lipinski definition) is 2. The maximum atomic E-state index is 6.15. The normalized spacial score (nSPS) is 11.1. The number of fused-ring (bicyclic) bond motifs is 1. The zero-order chi connectivity index (χ0) is 13.4. The molecule has 0 amide bonds. The molecule has 0 saturated heterocycles. The van der Waals surface area contributed by atoms with E-state index in [9.17, 15) is 0 Å². The highest BCUT2D eigenvalue weighted by Gasteiger charge is 2.11. The Morgan fingerprint density at radius 1 is 1.21 bits per heavy atom. The van der Waals surface area contributed by atoms with Gasteiger partial charge in [-0.15, -0.1) is 0 Å². The minimum absolute atomic E-state index is 0.635. The van der Waals surface area contributed by atoms with Crippen molar-refractivity contribution >= 4 is 23.1 Å². The number of aryl methyl sites for hydroxylation is 1. The second kappa shape index (κ2) is 4.59. The molecule has 0 saturated carbocycles. The number of pyridine rings is 1. The lowest BCUT2D eigenvalue weighted by Crippen LogP contribution is -1.93. The van der Waals surface area contributed by atoms with Crippen molar-refractivity contribution in [1.29, 1.82) is 0 Å². The number of nitrogen functional groups attached to an aromatic ring is 1. The molecular formula is C15H14ClN3. The maximum Gasteiger partial charge on any atom is 0.140 e. The summed E-state index contributed by atoms with van der Waals surface area (Å²) >= 11 is 5.97. The van der Waals surface area contributed by atoms with Crippen LogP contribution in [-0.2, 0) is 6.42 Å². The van der Waals surface area contributed by atoms with Crippen LogP contribution in [0.3, 0.4) is 0 Å². The molecule has 3 rings (SSSR count). The third-order valence-electron chi connectivity index (χ3n) is 3.26. The van der Waals surface area contributed by atoms with E-state index in [0.717, 1.165) is 23.3 Å². The molecule has 2 N–H and O–H groups in total. The van der Waals surface area contributed by atoms with E-state index in [0.29, 0.717) is 10.8 Å². The van der Waals surface area contributed by atoms with Gasteiger partial charge in [-0.25, -0.2) is 4.98 Å². The van der Waals surface area contributed by atoms with Crippen molar-refractivity contribution in [3.05, 3.63) is 53.2 Å². The standard InChI is InChI=1S/C15H14ClN3/c1-2-10-3-5-11(6-4-10)14-15(17)19-8-7-12(16)9-13(19)18-14/h3-9H,2,17H2,1H3. The summed E-state index contributed by atoms with van der Waals surface area (Å²) in [5.74, 6) is 0.635. The number of anilines is 1. The van der Waals surface area contributed by atoms with Crippen molar-refractivity contribution in [2.75, 3.05) is 5.73 Å². The molecule has 3 aromatic rings. The van der Waals surface area contributed by atoms with E-state index in [1.54, 1.807) is 6.07 Å². The van der Waals surface area contributed by atoms with Gasteiger partial charge in [0.15, 0.2) is 0 Å². The number of nitrogens with two attached hydrogens (primary N) is 1. The highest BCUT2D eigenvalue weighted by molar-refractivity contribution is 6.30. The SMILES string of the molecule is CCc1ccc(-c2nc3cc(Cl)ccn3c2N)cc1. The number of imidazole rings is 1. The minimum atomic E-state index is 0.635. The van der Waals surface area contributed by atoms with Crippen LogP contribution in [0.1, 0.15) is 12.5 Å². The van der Waals surface area contributed by atoms with Gasteiger partial charge < -0.3 is 5.73 Å². The molecule has 2 heterocycles. The minimum Gasteiger partial charge on any atom is -0.383 e. The Morgan fingerprint density at radius 2 is 1.95 bits per heavy atom. The van der Waals surface area contributed by atoms with E-state index in [4.69, 9.17) is 17.3 Å². The first kappa shape index (κ1) is 12.1. The summed E-state index contributed by atoms with van der Waals surface area (Å²) in [6.07, 6.45) is 2.86. The summed E-state index contributed by atoms with van der Waals surface area (Å²) in [5.41, 5.74) is 10.0. The average Bonchev–Trinajstić information content (AvgIpc) is 2.75. The molecule has 1 aromatic carbocycles. The molecule has 3 nitrogen and oxygen atoms in total. The molecule has 96 valence electrons. The molecule has 0 radical (unpaired) electrons. The first-order valence-electron chi connectivity index (χ1n) is 6.21. The Kier molecular flexibility index (Phi) is 2.91. The number of halogens is 1. The monoisotopic (exact) mass is 271 g/mol. The second-order valence-corrected chi connectivity index (χ2v) is 4.91. The average molecular weight is 272 g/mol. The molecule has 0 fully saturated rings. The van der Waals surface area contributed by atoms with Crippen LogP contribution in [0.25, 0.3) is 16.9 Å². The first-order valence-corrected chi connectivity index (χ1v) is 6.59. The Bertz CT molecular complexity index is 729. The first-order chi connectivity index (χ1) is 9.19. The van der Waals surface area contributed by atoms with E-state index >= 15 is 0 Å². The molecule has 0 bridgehead atoms. The van der Waals surface area contributed by atoms with Gasteiger partial charge in [-0.2, -0.15) is 0 Å². The lowest BCUT2D eigenvalue weighted by atomic mass is 10.1. The number of rotatable bonds is 2.